The molecule has 6 aromatic rings. The van der Waals surface area contributed by atoms with E-state index in [1.807, 2.05) is 6.07 Å². The van der Waals surface area contributed by atoms with Gasteiger partial charge in [-0.15, -0.1) is 0 Å². The van der Waals surface area contributed by atoms with Crippen LogP contribution in [0.1, 0.15) is 39.5 Å². The Morgan fingerprint density at radius 1 is 1.00 bits per heavy atom. The summed E-state index contributed by atoms with van der Waals surface area (Å²) in [4.78, 5) is 37.9. The van der Waals surface area contributed by atoms with Crippen LogP contribution in [0, 0.1) is 17.1 Å². The van der Waals surface area contributed by atoms with Crippen LogP contribution >= 0.6 is 0 Å². The molecule has 1 unspecified atom stereocenters. The molecule has 1 atom stereocenters. The molecule has 0 aliphatic carbocycles. The predicted octanol–water partition coefficient (Wildman–Crippen LogP) is 4.92. The van der Waals surface area contributed by atoms with E-state index in [2.05, 4.69) is 25.6 Å². The van der Waals surface area contributed by atoms with Crippen molar-refractivity contribution in [3.8, 4) is 17.2 Å². The molecule has 3 aromatic heterocycles. The summed E-state index contributed by atoms with van der Waals surface area (Å²) in [5.41, 5.74) is 8.78. The number of pyridine rings is 1. The maximum Gasteiger partial charge on any atom is 0.305 e. The Labute approximate surface area is 291 Å². The van der Waals surface area contributed by atoms with Crippen LogP contribution in [0.5, 0.6) is 0 Å². The number of anilines is 2. The van der Waals surface area contributed by atoms with Crippen LogP contribution in [0.25, 0.3) is 22.2 Å². The van der Waals surface area contributed by atoms with E-state index in [4.69, 9.17) is 5.73 Å². The molecule has 51 heavy (non-hydrogen) atoms. The van der Waals surface area contributed by atoms with E-state index in [-0.39, 0.29) is 45.7 Å². The van der Waals surface area contributed by atoms with Gasteiger partial charge < -0.3 is 21.5 Å². The number of nitrogens with zero attached hydrogens (tertiary/aromatic N) is 5. The number of aromatic nitrogens is 4. The first-order valence-electron chi connectivity index (χ1n) is 15.5. The van der Waals surface area contributed by atoms with Crippen molar-refractivity contribution in [3.63, 3.8) is 0 Å². The quantitative estimate of drug-likeness (QED) is 0.134. The van der Waals surface area contributed by atoms with Crippen LogP contribution < -0.4 is 16.4 Å². The number of hydrogen-bond donors (Lipinski definition) is 4. The third-order valence-corrected chi connectivity index (χ3v) is 9.73. The standard InChI is InChI=1S/C36H29FN8O5S/c37-26-12-6-22(7-13-26)14-15-40-36(48)28-16-23(18-38)19-41-34(28)44-30(17-31(46)47)25-10-8-24(9-11-25)29-20-45(35-32(29)33(39)42-21-43-35)51(49,50)27-4-2-1-3-5-27/h1-13,16,19-21,30H,14-15,17H2,(H,40,48)(H,41,44)(H,46,47)(H2,39,42,43). The number of benzene rings is 3. The maximum atomic E-state index is 13.6. The molecule has 0 fully saturated rings. The first-order valence-corrected chi connectivity index (χ1v) is 16.9. The highest BCUT2D eigenvalue weighted by atomic mass is 32.2. The van der Waals surface area contributed by atoms with E-state index < -0.39 is 34.4 Å². The molecular weight excluding hydrogens is 676 g/mol. The zero-order valence-electron chi connectivity index (χ0n) is 26.7. The highest BCUT2D eigenvalue weighted by Gasteiger charge is 2.25. The number of hydrogen-bond acceptors (Lipinski definition) is 10. The van der Waals surface area contributed by atoms with Gasteiger partial charge in [0, 0.05) is 24.5 Å². The lowest BCUT2D eigenvalue weighted by Crippen LogP contribution is -2.27. The minimum Gasteiger partial charge on any atom is -0.481 e. The summed E-state index contributed by atoms with van der Waals surface area (Å²) in [7, 11) is -4.06. The van der Waals surface area contributed by atoms with Crippen molar-refractivity contribution < 1.29 is 27.5 Å². The lowest BCUT2D eigenvalue weighted by Gasteiger charge is -2.20. The number of carboxylic acids is 1. The van der Waals surface area contributed by atoms with Crippen molar-refractivity contribution in [2.24, 2.45) is 0 Å². The van der Waals surface area contributed by atoms with Crippen LogP contribution in [0.15, 0.2) is 109 Å². The summed E-state index contributed by atoms with van der Waals surface area (Å²) < 4.78 is 41.5. The van der Waals surface area contributed by atoms with Crippen LogP contribution in [0.3, 0.4) is 0 Å². The lowest BCUT2D eigenvalue weighted by molar-refractivity contribution is -0.137. The molecule has 0 saturated carbocycles. The van der Waals surface area contributed by atoms with E-state index >= 15 is 0 Å². The number of aliphatic carboxylic acids is 1. The van der Waals surface area contributed by atoms with Crippen LogP contribution in [0.2, 0.25) is 0 Å². The third-order valence-electron chi connectivity index (χ3n) is 8.07. The number of carbonyl (C=O) groups excluding carboxylic acids is 1. The van der Waals surface area contributed by atoms with Crippen LogP contribution in [-0.2, 0) is 21.2 Å². The lowest BCUT2D eigenvalue weighted by atomic mass is 9.99. The molecule has 256 valence electrons. The number of carboxylic acid groups (broad SMARTS) is 1. The number of nitrogen functional groups attached to an aromatic ring is 1. The smallest absolute Gasteiger partial charge is 0.305 e. The van der Waals surface area contributed by atoms with E-state index in [9.17, 15) is 32.8 Å². The largest absolute Gasteiger partial charge is 0.481 e. The van der Waals surface area contributed by atoms with Gasteiger partial charge in [-0.2, -0.15) is 5.26 Å². The highest BCUT2D eigenvalue weighted by molar-refractivity contribution is 7.90. The second kappa shape index (κ2) is 14.4. The van der Waals surface area contributed by atoms with Crippen molar-refractivity contribution in [1.82, 2.24) is 24.2 Å². The van der Waals surface area contributed by atoms with Gasteiger partial charge in [-0.3, -0.25) is 9.59 Å². The van der Waals surface area contributed by atoms with Gasteiger partial charge in [-0.25, -0.2) is 31.7 Å². The minimum atomic E-state index is -4.06. The molecule has 0 bridgehead atoms. The summed E-state index contributed by atoms with van der Waals surface area (Å²) >= 11 is 0. The topological polar surface area (TPSA) is 206 Å². The summed E-state index contributed by atoms with van der Waals surface area (Å²) in [5.74, 6) is -1.92. The Hall–Kier alpha value is -6.66. The van der Waals surface area contributed by atoms with E-state index in [0.29, 0.717) is 28.5 Å². The van der Waals surface area contributed by atoms with E-state index in [1.54, 1.807) is 54.6 Å². The Bertz CT molecular complexity index is 2400. The second-order valence-electron chi connectivity index (χ2n) is 11.4. The van der Waals surface area contributed by atoms with Gasteiger partial charge in [-0.05, 0) is 53.4 Å². The molecule has 0 aliphatic rings. The first-order chi connectivity index (χ1) is 24.5. The molecule has 3 aromatic carbocycles. The molecule has 0 saturated heterocycles. The predicted molar refractivity (Wildman–Crippen MR) is 186 cm³/mol. The average Bonchev–Trinajstić information content (AvgIpc) is 3.54. The minimum absolute atomic E-state index is 0.0306. The SMILES string of the molecule is N#Cc1cnc(NC(CC(=O)O)c2ccc(-c3cn(S(=O)(=O)c4ccccc4)c4ncnc(N)c34)cc2)c(C(=O)NCCc2ccc(F)cc2)c1. The molecule has 5 N–H and O–H groups in total. The zero-order valence-corrected chi connectivity index (χ0v) is 27.5. The van der Waals surface area contributed by atoms with Gasteiger partial charge in [0.2, 0.25) is 0 Å². The molecular formula is C36H29FN8O5S. The number of nitriles is 1. The Balaban J connectivity index is 1.30. The normalized spacial score (nSPS) is 11.8. The molecule has 15 heteroatoms. The van der Waals surface area contributed by atoms with Crippen LogP contribution in [-0.4, -0.2) is 50.9 Å². The number of amides is 1. The summed E-state index contributed by atoms with van der Waals surface area (Å²) in [6.07, 6.45) is 3.89. The fourth-order valence-corrected chi connectivity index (χ4v) is 6.87. The zero-order chi connectivity index (χ0) is 36.1. The Kier molecular flexibility index (Phi) is 9.69. The van der Waals surface area contributed by atoms with Crippen molar-refractivity contribution in [3.05, 3.63) is 132 Å². The summed E-state index contributed by atoms with van der Waals surface area (Å²) in [5, 5.41) is 25.4. The maximum absolute atomic E-state index is 13.6. The molecule has 6 rings (SSSR count). The Morgan fingerprint density at radius 2 is 1.73 bits per heavy atom. The van der Waals surface area contributed by atoms with Gasteiger partial charge in [0.15, 0.2) is 5.65 Å². The molecule has 0 spiro atoms. The molecule has 0 aliphatic heterocycles. The van der Waals surface area contributed by atoms with Crippen molar-refractivity contribution in [2.45, 2.75) is 23.8 Å². The molecule has 1 amide bonds. The molecule has 3 heterocycles. The average molecular weight is 705 g/mol. The number of carbonyl (C=O) groups is 2. The van der Waals surface area contributed by atoms with Gasteiger partial charge >= 0.3 is 5.97 Å². The van der Waals surface area contributed by atoms with E-state index in [0.717, 1.165) is 9.54 Å². The van der Waals surface area contributed by atoms with Crippen LogP contribution in [0.4, 0.5) is 16.0 Å². The first kappa shape index (κ1) is 34.2. The molecule has 13 nitrogen and oxygen atoms in total. The summed E-state index contributed by atoms with van der Waals surface area (Å²) in [6, 6.07) is 22.9. The van der Waals surface area contributed by atoms with E-state index in [1.165, 1.54) is 49.1 Å². The monoisotopic (exact) mass is 704 g/mol. The van der Waals surface area contributed by atoms with Gasteiger partial charge in [0.1, 0.15) is 29.8 Å². The second-order valence-corrected chi connectivity index (χ2v) is 13.2. The number of halogens is 1. The highest BCUT2D eigenvalue weighted by Crippen LogP contribution is 2.35. The van der Waals surface area contributed by atoms with Crippen molar-refractivity contribution >= 4 is 44.6 Å². The van der Waals surface area contributed by atoms with Gasteiger partial charge in [-0.1, -0.05) is 54.6 Å². The van der Waals surface area contributed by atoms with Crippen molar-refractivity contribution in [2.75, 3.05) is 17.6 Å². The number of fused-ring (bicyclic) bond motifs is 1. The third kappa shape index (κ3) is 7.36. The van der Waals surface area contributed by atoms with Gasteiger partial charge in [0.05, 0.1) is 33.9 Å². The fourth-order valence-electron chi connectivity index (χ4n) is 5.53. The van der Waals surface area contributed by atoms with Crippen molar-refractivity contribution in [1.29, 1.82) is 5.26 Å². The van der Waals surface area contributed by atoms with Gasteiger partial charge in [0.25, 0.3) is 15.9 Å². The number of nitrogens with one attached hydrogen (secondary N) is 2. The fraction of sp³-hybridized carbons (Fsp3) is 0.111. The summed E-state index contributed by atoms with van der Waals surface area (Å²) in [6.45, 7) is 0.208. The number of nitrogens with two attached hydrogens (primary N) is 1. The molecule has 0 radical (unpaired) electrons. The Morgan fingerprint density at radius 3 is 2.41 bits per heavy atom. The number of rotatable bonds is 12.